The smallest absolute Gasteiger partial charge is 0.258 e. The quantitative estimate of drug-likeness (QED) is 0.586. The molecule has 0 unspecified atom stereocenters. The molecule has 0 saturated carbocycles. The fourth-order valence-corrected chi connectivity index (χ4v) is 2.21. The summed E-state index contributed by atoms with van der Waals surface area (Å²) in [6, 6.07) is 4.07. The Kier molecular flexibility index (Phi) is 4.73. The molecule has 1 rings (SSSR count). The Bertz CT molecular complexity index is 382. The normalized spacial score (nSPS) is 10.8. The minimum absolute atomic E-state index is 0.461. The molecule has 0 bridgehead atoms. The van der Waals surface area contributed by atoms with Crippen molar-refractivity contribution in [1.82, 2.24) is 0 Å². The SMILES string of the molecule is CC(C)CSCc1ccc([N+](=O)[O-])c(F)c1. The van der Waals surface area contributed by atoms with Gasteiger partial charge in [-0.25, -0.2) is 0 Å². The molecule has 0 aliphatic rings. The van der Waals surface area contributed by atoms with E-state index in [1.165, 1.54) is 12.1 Å². The zero-order valence-corrected chi connectivity index (χ0v) is 10.1. The molecular weight excluding hydrogens is 229 g/mol. The molecule has 1 aromatic rings. The second kappa shape index (κ2) is 5.84. The number of nitro groups is 1. The summed E-state index contributed by atoms with van der Waals surface area (Å²) in [5.74, 6) is 1.52. The van der Waals surface area contributed by atoms with Crippen LogP contribution in [0.5, 0.6) is 0 Å². The third-order valence-electron chi connectivity index (χ3n) is 1.93. The number of nitrogens with zero attached hydrogens (tertiary/aromatic N) is 1. The molecule has 3 nitrogen and oxygen atoms in total. The summed E-state index contributed by atoms with van der Waals surface area (Å²) >= 11 is 1.70. The largest absolute Gasteiger partial charge is 0.304 e. The molecule has 5 heteroatoms. The van der Waals surface area contributed by atoms with E-state index in [4.69, 9.17) is 0 Å². The Hall–Kier alpha value is -1.10. The number of hydrogen-bond acceptors (Lipinski definition) is 3. The molecule has 0 aromatic heterocycles. The first-order valence-corrected chi connectivity index (χ1v) is 6.16. The molecule has 16 heavy (non-hydrogen) atoms. The molecule has 0 aliphatic carbocycles. The van der Waals surface area contributed by atoms with Crippen molar-refractivity contribution in [2.75, 3.05) is 5.75 Å². The van der Waals surface area contributed by atoms with Crippen LogP contribution in [0.15, 0.2) is 18.2 Å². The average molecular weight is 243 g/mol. The highest BCUT2D eigenvalue weighted by atomic mass is 32.2. The summed E-state index contributed by atoms with van der Waals surface area (Å²) in [5, 5.41) is 10.4. The van der Waals surface area contributed by atoms with Crippen molar-refractivity contribution in [1.29, 1.82) is 0 Å². The average Bonchev–Trinajstić information content (AvgIpc) is 2.16. The van der Waals surface area contributed by atoms with Crippen molar-refractivity contribution in [2.24, 2.45) is 5.92 Å². The zero-order chi connectivity index (χ0) is 12.1. The van der Waals surface area contributed by atoms with Gasteiger partial charge in [0.2, 0.25) is 5.82 Å². The van der Waals surface area contributed by atoms with Crippen molar-refractivity contribution >= 4 is 17.4 Å². The molecule has 1 aromatic carbocycles. The van der Waals surface area contributed by atoms with Crippen LogP contribution < -0.4 is 0 Å². The van der Waals surface area contributed by atoms with Gasteiger partial charge in [-0.1, -0.05) is 19.9 Å². The lowest BCUT2D eigenvalue weighted by Gasteiger charge is -2.04. The van der Waals surface area contributed by atoms with Crippen LogP contribution >= 0.6 is 11.8 Å². The Morgan fingerprint density at radius 2 is 2.19 bits per heavy atom. The summed E-state index contributed by atoms with van der Waals surface area (Å²) < 4.78 is 13.2. The maximum Gasteiger partial charge on any atom is 0.304 e. The lowest BCUT2D eigenvalue weighted by Crippen LogP contribution is -1.95. The predicted octanol–water partition coefficient (Wildman–Crippen LogP) is 3.62. The fourth-order valence-electron chi connectivity index (χ4n) is 1.20. The predicted molar refractivity (Wildman–Crippen MR) is 64.1 cm³/mol. The summed E-state index contributed by atoms with van der Waals surface area (Å²) in [6.45, 7) is 4.23. The van der Waals surface area contributed by atoms with Gasteiger partial charge in [-0.15, -0.1) is 0 Å². The number of hydrogen-bond donors (Lipinski definition) is 0. The van der Waals surface area contributed by atoms with Crippen LogP contribution in [0.2, 0.25) is 0 Å². The van der Waals surface area contributed by atoms with Crippen molar-refractivity contribution in [3.63, 3.8) is 0 Å². The van der Waals surface area contributed by atoms with Gasteiger partial charge in [-0.2, -0.15) is 16.2 Å². The standard InChI is InChI=1S/C11H14FNO2S/c1-8(2)6-16-7-9-3-4-11(13(14)15)10(12)5-9/h3-5,8H,6-7H2,1-2H3. The molecule has 0 atom stereocenters. The number of rotatable bonds is 5. The van der Waals surface area contributed by atoms with E-state index in [2.05, 4.69) is 13.8 Å². The molecule has 0 heterocycles. The minimum atomic E-state index is -0.757. The van der Waals surface area contributed by atoms with E-state index in [9.17, 15) is 14.5 Å². The first-order valence-electron chi connectivity index (χ1n) is 5.01. The first kappa shape index (κ1) is 13.0. The van der Waals surface area contributed by atoms with Crippen molar-refractivity contribution in [2.45, 2.75) is 19.6 Å². The Balaban J connectivity index is 2.63. The molecule has 0 spiro atoms. The van der Waals surface area contributed by atoms with Crippen LogP contribution in [0.3, 0.4) is 0 Å². The maximum atomic E-state index is 13.2. The molecular formula is C11H14FNO2S. The molecule has 0 fully saturated rings. The molecule has 0 amide bonds. The van der Waals surface area contributed by atoms with Gasteiger partial charge in [-0.05, 0) is 23.3 Å². The second-order valence-electron chi connectivity index (χ2n) is 3.95. The van der Waals surface area contributed by atoms with E-state index in [0.717, 1.165) is 11.3 Å². The van der Waals surface area contributed by atoms with Gasteiger partial charge in [0.1, 0.15) is 0 Å². The highest BCUT2D eigenvalue weighted by Gasteiger charge is 2.13. The highest BCUT2D eigenvalue weighted by Crippen LogP contribution is 2.21. The van der Waals surface area contributed by atoms with E-state index in [-0.39, 0.29) is 0 Å². The summed E-state index contributed by atoms with van der Waals surface area (Å²) in [6.07, 6.45) is 0. The van der Waals surface area contributed by atoms with Crippen LogP contribution in [0, 0.1) is 21.8 Å². The van der Waals surface area contributed by atoms with Gasteiger partial charge in [0.05, 0.1) is 4.92 Å². The Morgan fingerprint density at radius 1 is 1.50 bits per heavy atom. The van der Waals surface area contributed by atoms with E-state index in [1.807, 2.05) is 0 Å². The third kappa shape index (κ3) is 3.81. The van der Waals surface area contributed by atoms with E-state index >= 15 is 0 Å². The fraction of sp³-hybridized carbons (Fsp3) is 0.455. The first-order chi connectivity index (χ1) is 7.50. The van der Waals surface area contributed by atoms with Crippen molar-refractivity contribution in [3.8, 4) is 0 Å². The molecule has 88 valence electrons. The van der Waals surface area contributed by atoms with Gasteiger partial charge in [0.15, 0.2) is 0 Å². The van der Waals surface area contributed by atoms with Gasteiger partial charge in [0, 0.05) is 11.8 Å². The molecule has 0 N–H and O–H groups in total. The second-order valence-corrected chi connectivity index (χ2v) is 4.98. The Morgan fingerprint density at radius 3 is 2.69 bits per heavy atom. The zero-order valence-electron chi connectivity index (χ0n) is 9.27. The molecule has 0 radical (unpaired) electrons. The lowest BCUT2D eigenvalue weighted by molar-refractivity contribution is -0.387. The van der Waals surface area contributed by atoms with E-state index in [0.29, 0.717) is 11.7 Å². The summed E-state index contributed by atoms with van der Waals surface area (Å²) in [7, 11) is 0. The number of halogens is 1. The van der Waals surface area contributed by atoms with Crippen LogP contribution in [0.25, 0.3) is 0 Å². The Labute approximate surface area is 98.2 Å². The monoisotopic (exact) mass is 243 g/mol. The number of benzene rings is 1. The minimum Gasteiger partial charge on any atom is -0.258 e. The maximum absolute atomic E-state index is 13.2. The topological polar surface area (TPSA) is 43.1 Å². The van der Waals surface area contributed by atoms with Crippen LogP contribution in [-0.2, 0) is 5.75 Å². The van der Waals surface area contributed by atoms with Gasteiger partial charge in [-0.3, -0.25) is 10.1 Å². The van der Waals surface area contributed by atoms with E-state index in [1.54, 1.807) is 17.8 Å². The molecule has 0 aliphatic heterocycles. The highest BCUT2D eigenvalue weighted by molar-refractivity contribution is 7.98. The van der Waals surface area contributed by atoms with E-state index < -0.39 is 16.4 Å². The summed E-state index contributed by atoms with van der Waals surface area (Å²) in [4.78, 5) is 9.69. The van der Waals surface area contributed by atoms with Gasteiger partial charge < -0.3 is 0 Å². The lowest BCUT2D eigenvalue weighted by atomic mass is 10.2. The van der Waals surface area contributed by atoms with Crippen LogP contribution in [0.1, 0.15) is 19.4 Å². The van der Waals surface area contributed by atoms with Crippen molar-refractivity contribution < 1.29 is 9.31 Å². The molecule has 0 saturated heterocycles. The van der Waals surface area contributed by atoms with Crippen LogP contribution in [0.4, 0.5) is 10.1 Å². The van der Waals surface area contributed by atoms with Crippen molar-refractivity contribution in [3.05, 3.63) is 39.7 Å². The van der Waals surface area contributed by atoms with Gasteiger partial charge in [0.25, 0.3) is 0 Å². The summed E-state index contributed by atoms with van der Waals surface area (Å²) in [5.41, 5.74) is 0.325. The van der Waals surface area contributed by atoms with Gasteiger partial charge >= 0.3 is 5.69 Å². The number of nitro benzene ring substituents is 1. The number of thioether (sulfide) groups is 1. The van der Waals surface area contributed by atoms with Crippen LogP contribution in [-0.4, -0.2) is 10.7 Å². The third-order valence-corrected chi connectivity index (χ3v) is 3.37.